The van der Waals surface area contributed by atoms with E-state index < -0.39 is 23.8 Å². The minimum atomic E-state index is -4.46. The third-order valence-electron chi connectivity index (χ3n) is 4.00. The van der Waals surface area contributed by atoms with Crippen molar-refractivity contribution in [1.29, 1.82) is 0 Å². The number of benzene rings is 2. The summed E-state index contributed by atoms with van der Waals surface area (Å²) in [4.78, 5) is 12.2. The van der Waals surface area contributed by atoms with Gasteiger partial charge in [-0.05, 0) is 61.2 Å². The first kappa shape index (κ1) is 19.8. The summed E-state index contributed by atoms with van der Waals surface area (Å²) in [7, 11) is 0. The second-order valence-corrected chi connectivity index (χ2v) is 6.50. The first-order chi connectivity index (χ1) is 12.1. The van der Waals surface area contributed by atoms with E-state index in [0.717, 1.165) is 17.7 Å². The summed E-state index contributed by atoms with van der Waals surface area (Å²) in [6.07, 6.45) is -5.31. The van der Waals surface area contributed by atoms with E-state index in [1.165, 1.54) is 17.7 Å². The van der Waals surface area contributed by atoms with Crippen molar-refractivity contribution in [2.75, 3.05) is 5.32 Å². The van der Waals surface area contributed by atoms with Gasteiger partial charge in [-0.15, -0.1) is 0 Å². The number of nitrogens with one attached hydrogen (secondary N) is 1. The second kappa shape index (κ2) is 7.81. The summed E-state index contributed by atoms with van der Waals surface area (Å²) in [6, 6.07) is 10.1. The zero-order valence-electron chi connectivity index (χ0n) is 15.1. The van der Waals surface area contributed by atoms with E-state index in [4.69, 9.17) is 4.74 Å². The number of hydrogen-bond donors (Lipinski definition) is 1. The van der Waals surface area contributed by atoms with Gasteiger partial charge in [0.05, 0.1) is 5.56 Å². The monoisotopic (exact) mass is 365 g/mol. The van der Waals surface area contributed by atoms with Crippen LogP contribution in [0.1, 0.15) is 43.4 Å². The van der Waals surface area contributed by atoms with Gasteiger partial charge in [-0.1, -0.05) is 26.0 Å². The van der Waals surface area contributed by atoms with Gasteiger partial charge in [-0.3, -0.25) is 4.79 Å². The summed E-state index contributed by atoms with van der Waals surface area (Å²) in [5.74, 6) is 0.402. The van der Waals surface area contributed by atoms with Crippen molar-refractivity contribution in [3.05, 3.63) is 59.2 Å². The Labute approximate surface area is 151 Å². The normalized spacial score (nSPS) is 12.8. The van der Waals surface area contributed by atoms with Crippen molar-refractivity contribution < 1.29 is 22.7 Å². The summed E-state index contributed by atoms with van der Waals surface area (Å²) in [5, 5.41) is 2.45. The highest BCUT2D eigenvalue weighted by atomic mass is 19.4. The zero-order valence-corrected chi connectivity index (χ0v) is 15.1. The van der Waals surface area contributed by atoms with Crippen LogP contribution in [0.5, 0.6) is 5.75 Å². The van der Waals surface area contributed by atoms with Crippen molar-refractivity contribution in [3.63, 3.8) is 0 Å². The molecule has 0 bridgehead atoms. The van der Waals surface area contributed by atoms with Gasteiger partial charge in [0.1, 0.15) is 5.75 Å². The smallest absolute Gasteiger partial charge is 0.416 e. The van der Waals surface area contributed by atoms with Crippen molar-refractivity contribution >= 4 is 11.6 Å². The number of alkyl halides is 3. The lowest BCUT2D eigenvalue weighted by Gasteiger charge is -2.17. The largest absolute Gasteiger partial charge is 0.481 e. The third-order valence-corrected chi connectivity index (χ3v) is 4.00. The second-order valence-electron chi connectivity index (χ2n) is 6.50. The Hall–Kier alpha value is -2.50. The summed E-state index contributed by atoms with van der Waals surface area (Å²) in [6.45, 7) is 7.70. The first-order valence-electron chi connectivity index (χ1n) is 8.33. The number of aryl methyl sites for hydroxylation is 1. The molecule has 1 amide bonds. The molecule has 1 atom stereocenters. The highest BCUT2D eigenvalue weighted by Gasteiger charge is 2.30. The standard InChI is InChI=1S/C20H22F3NO2/c1-12(2)18-9-8-17(10-13(18)3)26-14(4)19(25)24-16-7-5-6-15(11-16)20(21,22)23/h5-12,14H,1-4H3,(H,24,25). The molecule has 0 radical (unpaired) electrons. The number of hydrogen-bond acceptors (Lipinski definition) is 2. The minimum absolute atomic E-state index is 0.0756. The Kier molecular flexibility index (Phi) is 5.95. The maximum atomic E-state index is 12.7. The van der Waals surface area contributed by atoms with Gasteiger partial charge in [0.25, 0.3) is 5.91 Å². The lowest BCUT2D eigenvalue weighted by molar-refractivity contribution is -0.137. The summed E-state index contributed by atoms with van der Waals surface area (Å²) >= 11 is 0. The molecule has 140 valence electrons. The van der Waals surface area contributed by atoms with E-state index in [9.17, 15) is 18.0 Å². The van der Waals surface area contributed by atoms with E-state index in [-0.39, 0.29) is 5.69 Å². The van der Waals surface area contributed by atoms with Gasteiger partial charge in [-0.25, -0.2) is 0 Å². The number of ether oxygens (including phenoxy) is 1. The van der Waals surface area contributed by atoms with E-state index in [0.29, 0.717) is 11.7 Å². The fraction of sp³-hybridized carbons (Fsp3) is 0.350. The molecule has 0 aromatic heterocycles. The minimum Gasteiger partial charge on any atom is -0.481 e. The van der Waals surface area contributed by atoms with Crippen LogP contribution >= 0.6 is 0 Å². The van der Waals surface area contributed by atoms with E-state index >= 15 is 0 Å². The van der Waals surface area contributed by atoms with Gasteiger partial charge in [0.2, 0.25) is 0 Å². The molecule has 0 aliphatic heterocycles. The van der Waals surface area contributed by atoms with Crippen LogP contribution in [0.15, 0.2) is 42.5 Å². The van der Waals surface area contributed by atoms with E-state index in [2.05, 4.69) is 19.2 Å². The lowest BCUT2D eigenvalue weighted by Crippen LogP contribution is -2.30. The van der Waals surface area contributed by atoms with Crippen LogP contribution in [-0.4, -0.2) is 12.0 Å². The average molecular weight is 365 g/mol. The van der Waals surface area contributed by atoms with Gasteiger partial charge >= 0.3 is 6.18 Å². The summed E-state index contributed by atoms with van der Waals surface area (Å²) in [5.41, 5.74) is 1.51. The molecule has 0 saturated heterocycles. The Morgan fingerprint density at radius 3 is 2.35 bits per heavy atom. The van der Waals surface area contributed by atoms with Crippen LogP contribution in [0.25, 0.3) is 0 Å². The van der Waals surface area contributed by atoms with Gasteiger partial charge in [0.15, 0.2) is 6.10 Å². The SMILES string of the molecule is Cc1cc(OC(C)C(=O)Nc2cccc(C(F)(F)F)c2)ccc1C(C)C. The van der Waals surface area contributed by atoms with Crippen molar-refractivity contribution in [2.24, 2.45) is 0 Å². The average Bonchev–Trinajstić information content (AvgIpc) is 2.54. The fourth-order valence-corrected chi connectivity index (χ4v) is 2.64. The molecular formula is C20H22F3NO2. The predicted molar refractivity (Wildman–Crippen MR) is 95.4 cm³/mol. The molecule has 0 aliphatic carbocycles. The highest BCUT2D eigenvalue weighted by molar-refractivity contribution is 5.94. The molecule has 1 unspecified atom stereocenters. The van der Waals surface area contributed by atoms with Crippen LogP contribution in [-0.2, 0) is 11.0 Å². The quantitative estimate of drug-likeness (QED) is 0.755. The lowest BCUT2D eigenvalue weighted by atomic mass is 9.98. The van der Waals surface area contributed by atoms with Crippen LogP contribution in [0, 0.1) is 6.92 Å². The van der Waals surface area contributed by atoms with Crippen molar-refractivity contribution in [1.82, 2.24) is 0 Å². The van der Waals surface area contributed by atoms with E-state index in [1.807, 2.05) is 19.1 Å². The number of carbonyl (C=O) groups is 1. The van der Waals surface area contributed by atoms with Crippen molar-refractivity contribution in [2.45, 2.75) is 45.9 Å². The number of halogens is 3. The molecule has 0 fully saturated rings. The van der Waals surface area contributed by atoms with Gasteiger partial charge < -0.3 is 10.1 Å². The number of anilines is 1. The molecule has 0 saturated carbocycles. The number of carbonyl (C=O) groups excluding carboxylic acids is 1. The molecular weight excluding hydrogens is 343 g/mol. The Balaban J connectivity index is 2.05. The molecule has 6 heteroatoms. The van der Waals surface area contributed by atoms with Gasteiger partial charge in [-0.2, -0.15) is 13.2 Å². The van der Waals surface area contributed by atoms with Crippen LogP contribution < -0.4 is 10.1 Å². The maximum absolute atomic E-state index is 12.7. The maximum Gasteiger partial charge on any atom is 0.416 e. The highest BCUT2D eigenvalue weighted by Crippen LogP contribution is 2.30. The fourth-order valence-electron chi connectivity index (χ4n) is 2.64. The topological polar surface area (TPSA) is 38.3 Å². The molecule has 1 N–H and O–H groups in total. The number of amides is 1. The van der Waals surface area contributed by atoms with E-state index in [1.54, 1.807) is 13.0 Å². The molecule has 26 heavy (non-hydrogen) atoms. The van der Waals surface area contributed by atoms with Crippen LogP contribution in [0.2, 0.25) is 0 Å². The Morgan fingerprint density at radius 2 is 1.77 bits per heavy atom. The molecule has 0 spiro atoms. The molecule has 0 aliphatic rings. The molecule has 2 rings (SSSR count). The van der Waals surface area contributed by atoms with Crippen LogP contribution in [0.3, 0.4) is 0 Å². The molecule has 3 nitrogen and oxygen atoms in total. The Morgan fingerprint density at radius 1 is 1.08 bits per heavy atom. The van der Waals surface area contributed by atoms with Crippen molar-refractivity contribution in [3.8, 4) is 5.75 Å². The zero-order chi connectivity index (χ0) is 19.5. The van der Waals surface area contributed by atoms with Gasteiger partial charge in [0, 0.05) is 5.69 Å². The molecule has 0 heterocycles. The Bertz CT molecular complexity index is 785. The third kappa shape index (κ3) is 5.00. The van der Waals surface area contributed by atoms with Crippen LogP contribution in [0.4, 0.5) is 18.9 Å². The molecule has 2 aromatic rings. The number of rotatable bonds is 5. The predicted octanol–water partition coefficient (Wildman–Crippen LogP) is 5.54. The first-order valence-corrected chi connectivity index (χ1v) is 8.33. The summed E-state index contributed by atoms with van der Waals surface area (Å²) < 4.78 is 43.9. The molecule has 2 aromatic carbocycles.